The lowest BCUT2D eigenvalue weighted by Gasteiger charge is -2.23. The molecular weight excluding hydrogens is 200 g/mol. The first-order chi connectivity index (χ1) is 6.99. The minimum atomic E-state index is -1.02. The Morgan fingerprint density at radius 2 is 1.87 bits per heavy atom. The van der Waals surface area contributed by atoms with Crippen LogP contribution in [0.2, 0.25) is 0 Å². The molecule has 0 unspecified atom stereocenters. The summed E-state index contributed by atoms with van der Waals surface area (Å²) in [5.74, 6) is -1.02. The van der Waals surface area contributed by atoms with Gasteiger partial charge >= 0.3 is 12.0 Å². The molecule has 0 aliphatic heterocycles. The summed E-state index contributed by atoms with van der Waals surface area (Å²) in [6.45, 7) is 3.10. The lowest BCUT2D eigenvalue weighted by atomic mass is 10.5. The maximum absolute atomic E-state index is 11.5. The molecule has 0 aromatic rings. The van der Waals surface area contributed by atoms with E-state index in [2.05, 4.69) is 0 Å². The summed E-state index contributed by atoms with van der Waals surface area (Å²) in [5, 5.41) is 8.49. The van der Waals surface area contributed by atoms with Crippen LogP contribution in [0.5, 0.6) is 0 Å². The van der Waals surface area contributed by atoms with Crippen LogP contribution < -0.4 is 0 Å². The van der Waals surface area contributed by atoms with Crippen LogP contribution in [0.4, 0.5) is 4.79 Å². The van der Waals surface area contributed by atoms with Gasteiger partial charge in [0.1, 0.15) is 6.54 Å². The van der Waals surface area contributed by atoms with E-state index in [-0.39, 0.29) is 12.6 Å². The number of carboxylic acid groups (broad SMARTS) is 1. The highest BCUT2D eigenvalue weighted by Gasteiger charge is 2.15. The number of rotatable bonds is 6. The van der Waals surface area contributed by atoms with E-state index in [0.29, 0.717) is 19.8 Å². The van der Waals surface area contributed by atoms with Gasteiger partial charge in [-0.3, -0.25) is 4.79 Å². The van der Waals surface area contributed by atoms with Crippen LogP contribution >= 0.6 is 0 Å². The third-order valence-corrected chi connectivity index (χ3v) is 1.80. The zero-order valence-corrected chi connectivity index (χ0v) is 9.39. The van der Waals surface area contributed by atoms with Crippen LogP contribution in [0.15, 0.2) is 0 Å². The number of hydrogen-bond donors (Lipinski definition) is 1. The quantitative estimate of drug-likeness (QED) is 0.641. The molecule has 0 aliphatic rings. The van der Waals surface area contributed by atoms with Crippen molar-refractivity contribution in [1.82, 2.24) is 9.80 Å². The molecule has 0 aromatic heterocycles. The predicted molar refractivity (Wildman–Crippen MR) is 54.8 cm³/mol. The zero-order chi connectivity index (χ0) is 11.8. The fourth-order valence-corrected chi connectivity index (χ4v) is 1.00. The third kappa shape index (κ3) is 5.90. The Morgan fingerprint density at radius 3 is 2.33 bits per heavy atom. The summed E-state index contributed by atoms with van der Waals surface area (Å²) in [4.78, 5) is 24.4. The van der Waals surface area contributed by atoms with Crippen LogP contribution in [0.3, 0.4) is 0 Å². The number of carbonyl (C=O) groups is 2. The molecule has 1 N–H and O–H groups in total. The van der Waals surface area contributed by atoms with Gasteiger partial charge in [0.05, 0.1) is 6.61 Å². The van der Waals surface area contributed by atoms with E-state index in [1.807, 2.05) is 6.92 Å². The molecule has 15 heavy (non-hydrogen) atoms. The van der Waals surface area contributed by atoms with Crippen LogP contribution in [-0.4, -0.2) is 67.3 Å². The molecule has 6 heteroatoms. The van der Waals surface area contributed by atoms with Crippen LogP contribution in [0, 0.1) is 0 Å². The van der Waals surface area contributed by atoms with Gasteiger partial charge in [-0.25, -0.2) is 4.79 Å². The van der Waals surface area contributed by atoms with Crippen molar-refractivity contribution in [3.05, 3.63) is 0 Å². The molecule has 6 nitrogen and oxygen atoms in total. The number of urea groups is 1. The summed E-state index contributed by atoms with van der Waals surface area (Å²) < 4.78 is 5.09. The first kappa shape index (κ1) is 13.7. The minimum absolute atomic E-state index is 0.294. The Balaban J connectivity index is 3.90. The Bertz CT molecular complexity index is 220. The molecule has 2 amide bonds. The molecule has 0 atom stereocenters. The molecular formula is C9H18N2O4. The van der Waals surface area contributed by atoms with Crippen molar-refractivity contribution in [3.63, 3.8) is 0 Å². The van der Waals surface area contributed by atoms with Gasteiger partial charge in [0.25, 0.3) is 0 Å². The third-order valence-electron chi connectivity index (χ3n) is 1.80. The Morgan fingerprint density at radius 1 is 1.27 bits per heavy atom. The smallest absolute Gasteiger partial charge is 0.323 e. The molecule has 0 rings (SSSR count). The summed E-state index contributed by atoms with van der Waals surface area (Å²) in [5.41, 5.74) is 0. The Labute approximate surface area is 89.4 Å². The monoisotopic (exact) mass is 218 g/mol. The van der Waals surface area contributed by atoms with Crippen molar-refractivity contribution in [3.8, 4) is 0 Å². The molecule has 0 radical (unpaired) electrons. The van der Waals surface area contributed by atoms with Gasteiger partial charge in [0.15, 0.2) is 0 Å². The molecule has 0 fully saturated rings. The highest BCUT2D eigenvalue weighted by atomic mass is 16.5. The number of amides is 2. The molecule has 0 aromatic carbocycles. The van der Waals surface area contributed by atoms with Gasteiger partial charge in [0.2, 0.25) is 0 Å². The lowest BCUT2D eigenvalue weighted by molar-refractivity contribution is -0.137. The molecule has 0 saturated carbocycles. The summed E-state index contributed by atoms with van der Waals surface area (Å²) in [6.07, 6.45) is 0. The number of carboxylic acids is 1. The van der Waals surface area contributed by atoms with E-state index in [9.17, 15) is 9.59 Å². The SMILES string of the molecule is CCOCCN(C)C(=O)N(C)CC(=O)O. The largest absolute Gasteiger partial charge is 0.480 e. The number of carbonyl (C=O) groups excluding carboxylic acids is 1. The second kappa shape index (κ2) is 7.05. The van der Waals surface area contributed by atoms with Gasteiger partial charge in [-0.15, -0.1) is 0 Å². The topological polar surface area (TPSA) is 70.1 Å². The molecule has 88 valence electrons. The average Bonchev–Trinajstić information content (AvgIpc) is 2.15. The fourth-order valence-electron chi connectivity index (χ4n) is 1.00. The van der Waals surface area contributed by atoms with Crippen LogP contribution in [0.1, 0.15) is 6.92 Å². The predicted octanol–water partition coefficient (Wildman–Crippen LogP) is 0.0911. The van der Waals surface area contributed by atoms with E-state index in [0.717, 1.165) is 4.90 Å². The van der Waals surface area contributed by atoms with Gasteiger partial charge in [0, 0.05) is 27.2 Å². The lowest BCUT2D eigenvalue weighted by Crippen LogP contribution is -2.42. The van der Waals surface area contributed by atoms with E-state index in [1.54, 1.807) is 7.05 Å². The molecule has 0 heterocycles. The second-order valence-electron chi connectivity index (χ2n) is 3.15. The number of ether oxygens (including phenoxy) is 1. The first-order valence-corrected chi connectivity index (χ1v) is 4.74. The summed E-state index contributed by atoms with van der Waals surface area (Å²) in [6, 6.07) is -0.322. The number of hydrogen-bond acceptors (Lipinski definition) is 3. The first-order valence-electron chi connectivity index (χ1n) is 4.74. The van der Waals surface area contributed by atoms with Crippen molar-refractivity contribution in [1.29, 1.82) is 0 Å². The van der Waals surface area contributed by atoms with Gasteiger partial charge in [-0.2, -0.15) is 0 Å². The van der Waals surface area contributed by atoms with Crippen molar-refractivity contribution in [2.75, 3.05) is 40.4 Å². The maximum Gasteiger partial charge on any atom is 0.323 e. The van der Waals surface area contributed by atoms with E-state index >= 15 is 0 Å². The second-order valence-corrected chi connectivity index (χ2v) is 3.15. The normalized spacial score (nSPS) is 9.80. The summed E-state index contributed by atoms with van der Waals surface area (Å²) >= 11 is 0. The molecule has 0 saturated heterocycles. The summed E-state index contributed by atoms with van der Waals surface area (Å²) in [7, 11) is 3.06. The number of nitrogens with zero attached hydrogens (tertiary/aromatic N) is 2. The number of likely N-dealkylation sites (N-methyl/N-ethyl adjacent to an activating group) is 2. The minimum Gasteiger partial charge on any atom is -0.480 e. The Kier molecular flexibility index (Phi) is 6.44. The molecule has 0 bridgehead atoms. The van der Waals surface area contributed by atoms with Gasteiger partial charge in [-0.05, 0) is 6.92 Å². The van der Waals surface area contributed by atoms with Crippen LogP contribution in [0.25, 0.3) is 0 Å². The number of aliphatic carboxylic acids is 1. The fraction of sp³-hybridized carbons (Fsp3) is 0.778. The van der Waals surface area contributed by atoms with Crippen molar-refractivity contribution >= 4 is 12.0 Å². The van der Waals surface area contributed by atoms with Crippen molar-refractivity contribution in [2.24, 2.45) is 0 Å². The van der Waals surface area contributed by atoms with E-state index in [1.165, 1.54) is 11.9 Å². The highest BCUT2D eigenvalue weighted by Crippen LogP contribution is 1.93. The average molecular weight is 218 g/mol. The van der Waals surface area contributed by atoms with Crippen LogP contribution in [-0.2, 0) is 9.53 Å². The Hall–Kier alpha value is -1.30. The van der Waals surface area contributed by atoms with Crippen molar-refractivity contribution in [2.45, 2.75) is 6.92 Å². The van der Waals surface area contributed by atoms with Crippen molar-refractivity contribution < 1.29 is 19.4 Å². The molecule has 0 spiro atoms. The van der Waals surface area contributed by atoms with Gasteiger partial charge < -0.3 is 19.6 Å². The van der Waals surface area contributed by atoms with E-state index in [4.69, 9.17) is 9.84 Å². The van der Waals surface area contributed by atoms with Gasteiger partial charge in [-0.1, -0.05) is 0 Å². The highest BCUT2D eigenvalue weighted by molar-refractivity contribution is 5.79. The maximum atomic E-state index is 11.5. The zero-order valence-electron chi connectivity index (χ0n) is 9.39. The standard InChI is InChI=1S/C9H18N2O4/c1-4-15-6-5-10(2)9(14)11(3)7-8(12)13/h4-7H2,1-3H3,(H,12,13). The molecule has 0 aliphatic carbocycles. The van der Waals surface area contributed by atoms with E-state index < -0.39 is 5.97 Å².